The first-order valence-electron chi connectivity index (χ1n) is 5.94. The highest BCUT2D eigenvalue weighted by Crippen LogP contribution is 2.07. The molecule has 0 bridgehead atoms. The van der Waals surface area contributed by atoms with Gasteiger partial charge in [-0.1, -0.05) is 30.3 Å². The molecule has 0 aliphatic heterocycles. The monoisotopic (exact) mass is 235 g/mol. The van der Waals surface area contributed by atoms with Gasteiger partial charge in [-0.2, -0.15) is 0 Å². The Morgan fingerprint density at radius 3 is 2.53 bits per heavy atom. The van der Waals surface area contributed by atoms with Crippen LogP contribution in [0.15, 0.2) is 30.3 Å². The first-order valence-corrected chi connectivity index (χ1v) is 5.94. The molecule has 17 heavy (non-hydrogen) atoms. The van der Waals surface area contributed by atoms with Crippen LogP contribution >= 0.6 is 0 Å². The van der Waals surface area contributed by atoms with E-state index in [0.29, 0.717) is 6.54 Å². The van der Waals surface area contributed by atoms with Crippen molar-refractivity contribution in [2.24, 2.45) is 0 Å². The van der Waals surface area contributed by atoms with E-state index in [1.165, 1.54) is 12.5 Å². The van der Waals surface area contributed by atoms with Gasteiger partial charge in [0.1, 0.15) is 5.60 Å². The fraction of sp³-hybridized carbons (Fsp3) is 0.500. The first-order chi connectivity index (χ1) is 7.99. The quantitative estimate of drug-likeness (QED) is 0.606. The molecule has 0 unspecified atom stereocenters. The van der Waals surface area contributed by atoms with E-state index in [1.807, 2.05) is 32.0 Å². The largest absolute Gasteiger partial charge is 0.458 e. The predicted octanol–water partition coefficient (Wildman–Crippen LogP) is 2.16. The molecule has 3 heteroatoms. The number of esters is 1. The topological polar surface area (TPSA) is 38.3 Å². The van der Waals surface area contributed by atoms with Crippen LogP contribution in [0.2, 0.25) is 0 Å². The third-order valence-electron chi connectivity index (χ3n) is 2.40. The summed E-state index contributed by atoms with van der Waals surface area (Å²) in [6.45, 7) is 6.80. The van der Waals surface area contributed by atoms with Crippen LogP contribution < -0.4 is 5.32 Å². The highest BCUT2D eigenvalue weighted by Gasteiger charge is 2.20. The molecule has 94 valence electrons. The Morgan fingerprint density at radius 1 is 1.29 bits per heavy atom. The zero-order valence-electron chi connectivity index (χ0n) is 10.8. The van der Waals surface area contributed by atoms with Gasteiger partial charge >= 0.3 is 5.97 Å². The van der Waals surface area contributed by atoms with Crippen LogP contribution in [0.25, 0.3) is 0 Å². The Hall–Kier alpha value is -1.35. The fourth-order valence-corrected chi connectivity index (χ4v) is 1.69. The minimum atomic E-state index is -0.442. The molecule has 0 spiro atoms. The molecule has 1 aromatic rings. The molecule has 0 atom stereocenters. The molecule has 0 aliphatic carbocycles. The highest BCUT2D eigenvalue weighted by molar-refractivity contribution is 5.66. The number of carbonyl (C=O) groups is 1. The van der Waals surface area contributed by atoms with E-state index in [-0.39, 0.29) is 5.97 Å². The molecule has 0 saturated carbocycles. The van der Waals surface area contributed by atoms with Crippen LogP contribution in [-0.4, -0.2) is 24.7 Å². The average molecular weight is 235 g/mol. The second-order valence-corrected chi connectivity index (χ2v) is 4.77. The molecule has 1 aromatic carbocycles. The van der Waals surface area contributed by atoms with Crippen molar-refractivity contribution in [2.75, 3.05) is 13.1 Å². The van der Waals surface area contributed by atoms with Gasteiger partial charge in [-0.25, -0.2) is 0 Å². The maximum Gasteiger partial charge on any atom is 0.303 e. The van der Waals surface area contributed by atoms with Crippen molar-refractivity contribution in [2.45, 2.75) is 32.8 Å². The minimum absolute atomic E-state index is 0.236. The Kier molecular flexibility index (Phi) is 5.16. The van der Waals surface area contributed by atoms with Crippen molar-refractivity contribution in [3.05, 3.63) is 35.9 Å². The van der Waals surface area contributed by atoms with Gasteiger partial charge in [0.05, 0.1) is 0 Å². The van der Waals surface area contributed by atoms with E-state index < -0.39 is 5.60 Å². The molecule has 0 radical (unpaired) electrons. The van der Waals surface area contributed by atoms with Crippen LogP contribution in [0, 0.1) is 0 Å². The molecule has 0 aliphatic rings. The molecule has 0 amide bonds. The van der Waals surface area contributed by atoms with Crippen molar-refractivity contribution in [1.29, 1.82) is 0 Å². The van der Waals surface area contributed by atoms with Crippen LogP contribution in [0.4, 0.5) is 0 Å². The highest BCUT2D eigenvalue weighted by atomic mass is 16.6. The maximum atomic E-state index is 10.9. The summed E-state index contributed by atoms with van der Waals surface area (Å²) < 4.78 is 5.19. The van der Waals surface area contributed by atoms with E-state index >= 15 is 0 Å². The van der Waals surface area contributed by atoms with Gasteiger partial charge in [-0.3, -0.25) is 4.79 Å². The molecular formula is C14H21NO2. The molecule has 1 N–H and O–H groups in total. The smallest absolute Gasteiger partial charge is 0.303 e. The van der Waals surface area contributed by atoms with Crippen molar-refractivity contribution in [3.8, 4) is 0 Å². The molecule has 0 saturated heterocycles. The fourth-order valence-electron chi connectivity index (χ4n) is 1.69. The Balaban J connectivity index is 2.22. The Labute approximate surface area is 103 Å². The van der Waals surface area contributed by atoms with Crippen molar-refractivity contribution in [1.82, 2.24) is 5.32 Å². The summed E-state index contributed by atoms with van der Waals surface area (Å²) in [5.74, 6) is -0.236. The standard InChI is InChI=1S/C14H21NO2/c1-12(16)17-14(2,3)11-15-10-9-13-7-5-4-6-8-13/h4-8,15H,9-11H2,1-3H3. The number of carbonyl (C=O) groups excluding carboxylic acids is 1. The van der Waals surface area contributed by atoms with Crippen LogP contribution in [-0.2, 0) is 16.0 Å². The number of rotatable bonds is 6. The molecular weight excluding hydrogens is 214 g/mol. The van der Waals surface area contributed by atoms with E-state index in [0.717, 1.165) is 13.0 Å². The van der Waals surface area contributed by atoms with Crippen molar-refractivity contribution in [3.63, 3.8) is 0 Å². The summed E-state index contributed by atoms with van der Waals surface area (Å²) >= 11 is 0. The SMILES string of the molecule is CC(=O)OC(C)(C)CNCCc1ccccc1. The van der Waals surface area contributed by atoms with Gasteiger partial charge in [0.25, 0.3) is 0 Å². The molecule has 0 aromatic heterocycles. The van der Waals surface area contributed by atoms with Crippen LogP contribution in [0.1, 0.15) is 26.3 Å². The zero-order valence-corrected chi connectivity index (χ0v) is 10.8. The van der Waals surface area contributed by atoms with Crippen molar-refractivity contribution >= 4 is 5.97 Å². The van der Waals surface area contributed by atoms with Crippen LogP contribution in [0.3, 0.4) is 0 Å². The van der Waals surface area contributed by atoms with Crippen molar-refractivity contribution < 1.29 is 9.53 Å². The summed E-state index contributed by atoms with van der Waals surface area (Å²) in [5.41, 5.74) is 0.869. The van der Waals surface area contributed by atoms with Gasteiger partial charge in [0.15, 0.2) is 0 Å². The maximum absolute atomic E-state index is 10.9. The molecule has 1 rings (SSSR count). The second kappa shape index (κ2) is 6.40. The van der Waals surface area contributed by atoms with Crippen LogP contribution in [0.5, 0.6) is 0 Å². The molecule has 3 nitrogen and oxygen atoms in total. The third-order valence-corrected chi connectivity index (χ3v) is 2.40. The zero-order chi connectivity index (χ0) is 12.7. The Morgan fingerprint density at radius 2 is 1.94 bits per heavy atom. The summed E-state index contributed by atoms with van der Waals surface area (Å²) in [6, 6.07) is 10.3. The summed E-state index contributed by atoms with van der Waals surface area (Å²) in [5, 5.41) is 3.30. The van der Waals surface area contributed by atoms with E-state index in [2.05, 4.69) is 17.4 Å². The predicted molar refractivity (Wildman–Crippen MR) is 68.9 cm³/mol. The lowest BCUT2D eigenvalue weighted by atomic mass is 10.1. The second-order valence-electron chi connectivity index (χ2n) is 4.77. The molecule has 0 fully saturated rings. The number of benzene rings is 1. The van der Waals surface area contributed by atoms with E-state index in [1.54, 1.807) is 0 Å². The Bertz CT molecular complexity index is 346. The van der Waals surface area contributed by atoms with Gasteiger partial charge in [-0.05, 0) is 32.4 Å². The van der Waals surface area contributed by atoms with Gasteiger partial charge in [0, 0.05) is 13.5 Å². The van der Waals surface area contributed by atoms with Gasteiger partial charge in [-0.15, -0.1) is 0 Å². The van der Waals surface area contributed by atoms with Gasteiger partial charge < -0.3 is 10.1 Å². The summed E-state index contributed by atoms with van der Waals surface area (Å²) in [4.78, 5) is 10.9. The van der Waals surface area contributed by atoms with E-state index in [4.69, 9.17) is 4.74 Å². The first kappa shape index (κ1) is 13.7. The summed E-state index contributed by atoms with van der Waals surface area (Å²) in [7, 11) is 0. The lowest BCUT2D eigenvalue weighted by molar-refractivity contribution is -0.153. The van der Waals surface area contributed by atoms with Gasteiger partial charge in [0.2, 0.25) is 0 Å². The number of hydrogen-bond donors (Lipinski definition) is 1. The third kappa shape index (κ3) is 6.07. The normalized spacial score (nSPS) is 11.2. The number of hydrogen-bond acceptors (Lipinski definition) is 3. The summed E-state index contributed by atoms with van der Waals surface area (Å²) in [6.07, 6.45) is 0.983. The average Bonchev–Trinajstić information content (AvgIpc) is 2.24. The number of nitrogens with one attached hydrogen (secondary N) is 1. The molecule has 0 heterocycles. The minimum Gasteiger partial charge on any atom is -0.458 e. The lowest BCUT2D eigenvalue weighted by Gasteiger charge is -2.24. The van der Waals surface area contributed by atoms with E-state index in [9.17, 15) is 4.79 Å². The lowest BCUT2D eigenvalue weighted by Crippen LogP contribution is -2.39. The number of ether oxygens (including phenoxy) is 1.